The third-order valence-electron chi connectivity index (χ3n) is 4.25. The lowest BCUT2D eigenvalue weighted by atomic mass is 9.97. The molecule has 2 rings (SSSR count). The summed E-state index contributed by atoms with van der Waals surface area (Å²) >= 11 is 0. The van der Waals surface area contributed by atoms with E-state index in [0.29, 0.717) is 18.5 Å². The Balaban J connectivity index is 1.93. The number of esters is 1. The molecular formula is C18H25F2N3O2. The van der Waals surface area contributed by atoms with E-state index in [4.69, 9.17) is 4.74 Å². The third kappa shape index (κ3) is 5.69. The van der Waals surface area contributed by atoms with E-state index in [-0.39, 0.29) is 11.9 Å². The summed E-state index contributed by atoms with van der Waals surface area (Å²) in [5.74, 6) is -0.594. The minimum Gasteiger partial charge on any atom is -0.469 e. The lowest BCUT2D eigenvalue weighted by Crippen LogP contribution is -2.46. The van der Waals surface area contributed by atoms with Gasteiger partial charge in [-0.1, -0.05) is 0 Å². The number of methoxy groups -OCH3 is 1. The van der Waals surface area contributed by atoms with E-state index in [9.17, 15) is 13.6 Å². The lowest BCUT2D eigenvalue weighted by Gasteiger charge is -2.33. The summed E-state index contributed by atoms with van der Waals surface area (Å²) in [7, 11) is 1.41. The van der Waals surface area contributed by atoms with Gasteiger partial charge in [0.25, 0.3) is 0 Å². The molecule has 1 heterocycles. The second-order valence-corrected chi connectivity index (χ2v) is 6.05. The quantitative estimate of drug-likeness (QED) is 0.502. The van der Waals surface area contributed by atoms with Gasteiger partial charge in [-0.25, -0.2) is 8.78 Å². The first-order chi connectivity index (χ1) is 12.0. The zero-order valence-electron chi connectivity index (χ0n) is 14.7. The van der Waals surface area contributed by atoms with E-state index in [1.165, 1.54) is 19.2 Å². The Morgan fingerprint density at radius 2 is 1.92 bits per heavy atom. The van der Waals surface area contributed by atoms with Gasteiger partial charge in [0.05, 0.1) is 13.0 Å². The van der Waals surface area contributed by atoms with Crippen LogP contribution in [0.4, 0.5) is 8.78 Å². The molecule has 1 fully saturated rings. The number of hydrogen-bond donors (Lipinski definition) is 1. The molecule has 25 heavy (non-hydrogen) atoms. The van der Waals surface area contributed by atoms with Gasteiger partial charge in [-0.3, -0.25) is 9.79 Å². The maximum Gasteiger partial charge on any atom is 0.308 e. The Morgan fingerprint density at radius 1 is 1.28 bits per heavy atom. The highest BCUT2D eigenvalue weighted by Gasteiger charge is 2.26. The van der Waals surface area contributed by atoms with Gasteiger partial charge in [0.15, 0.2) is 5.96 Å². The van der Waals surface area contributed by atoms with Crippen LogP contribution in [0, 0.1) is 17.6 Å². The van der Waals surface area contributed by atoms with Gasteiger partial charge in [-0.2, -0.15) is 0 Å². The van der Waals surface area contributed by atoms with E-state index in [0.717, 1.165) is 44.5 Å². The molecular weight excluding hydrogens is 328 g/mol. The number of benzene rings is 1. The number of carbonyl (C=O) groups excluding carboxylic acids is 1. The number of ether oxygens (including phenoxy) is 1. The van der Waals surface area contributed by atoms with E-state index in [1.807, 2.05) is 6.92 Å². The minimum absolute atomic E-state index is 0.0561. The molecule has 0 spiro atoms. The highest BCUT2D eigenvalue weighted by atomic mass is 19.1. The van der Waals surface area contributed by atoms with Crippen LogP contribution in [-0.2, 0) is 16.0 Å². The first-order valence-electron chi connectivity index (χ1n) is 8.59. The predicted molar refractivity (Wildman–Crippen MR) is 92.4 cm³/mol. The molecule has 0 bridgehead atoms. The average Bonchev–Trinajstić information content (AvgIpc) is 2.59. The number of aliphatic imine (C=N–C) groups is 1. The molecule has 0 amide bonds. The van der Waals surface area contributed by atoms with Gasteiger partial charge in [-0.05, 0) is 43.9 Å². The standard InChI is InChI=1S/C18H25F2N3O2/c1-3-21-18(23-8-5-14(6-9-23)17(24)25-2)22-7-4-13-10-15(19)12-16(20)11-13/h10-12,14H,3-9H2,1-2H3,(H,21,22). The van der Waals surface area contributed by atoms with Gasteiger partial charge < -0.3 is 15.0 Å². The van der Waals surface area contributed by atoms with Crippen LogP contribution in [0.15, 0.2) is 23.2 Å². The van der Waals surface area contributed by atoms with Crippen LogP contribution >= 0.6 is 0 Å². The molecule has 0 aromatic heterocycles. The number of nitrogens with one attached hydrogen (secondary N) is 1. The fraction of sp³-hybridized carbons (Fsp3) is 0.556. The highest BCUT2D eigenvalue weighted by molar-refractivity contribution is 5.80. The van der Waals surface area contributed by atoms with Crippen LogP contribution in [0.5, 0.6) is 0 Å². The molecule has 1 saturated heterocycles. The molecule has 1 aliphatic rings. The number of halogens is 2. The molecule has 0 aliphatic carbocycles. The van der Waals surface area contributed by atoms with Crippen molar-refractivity contribution < 1.29 is 18.3 Å². The van der Waals surface area contributed by atoms with E-state index >= 15 is 0 Å². The van der Waals surface area contributed by atoms with Gasteiger partial charge in [0.2, 0.25) is 0 Å². The maximum absolute atomic E-state index is 13.2. The van der Waals surface area contributed by atoms with E-state index in [2.05, 4.69) is 15.2 Å². The number of piperidine rings is 1. The Morgan fingerprint density at radius 3 is 2.48 bits per heavy atom. The van der Waals surface area contributed by atoms with Gasteiger partial charge in [0, 0.05) is 32.2 Å². The molecule has 1 aromatic carbocycles. The van der Waals surface area contributed by atoms with Crippen molar-refractivity contribution in [1.82, 2.24) is 10.2 Å². The van der Waals surface area contributed by atoms with Crippen LogP contribution in [0.2, 0.25) is 0 Å². The molecule has 1 N–H and O–H groups in total. The molecule has 1 aliphatic heterocycles. The second kappa shape index (κ2) is 9.34. The molecule has 0 saturated carbocycles. The topological polar surface area (TPSA) is 53.9 Å². The number of guanidine groups is 1. The fourth-order valence-electron chi connectivity index (χ4n) is 2.97. The van der Waals surface area contributed by atoms with Gasteiger partial charge in [0.1, 0.15) is 11.6 Å². The van der Waals surface area contributed by atoms with E-state index < -0.39 is 11.6 Å². The Bertz CT molecular complexity index is 594. The zero-order valence-corrected chi connectivity index (χ0v) is 14.7. The SMILES string of the molecule is CCNC(=NCCc1cc(F)cc(F)c1)N1CCC(C(=O)OC)CC1. The van der Waals surface area contributed by atoms with Crippen LogP contribution in [0.25, 0.3) is 0 Å². The normalized spacial score (nSPS) is 16.0. The lowest BCUT2D eigenvalue weighted by molar-refractivity contribution is -0.146. The summed E-state index contributed by atoms with van der Waals surface area (Å²) in [5, 5.41) is 3.23. The second-order valence-electron chi connectivity index (χ2n) is 6.05. The fourth-order valence-corrected chi connectivity index (χ4v) is 2.97. The summed E-state index contributed by atoms with van der Waals surface area (Å²) in [6, 6.07) is 3.52. The number of likely N-dealkylation sites (tertiary alicyclic amines) is 1. The zero-order chi connectivity index (χ0) is 18.2. The molecule has 0 atom stereocenters. The summed E-state index contributed by atoms with van der Waals surface area (Å²) < 4.78 is 31.2. The monoisotopic (exact) mass is 353 g/mol. The van der Waals surface area contributed by atoms with Crippen molar-refractivity contribution in [3.63, 3.8) is 0 Å². The highest BCUT2D eigenvalue weighted by Crippen LogP contribution is 2.18. The average molecular weight is 353 g/mol. The molecule has 0 unspecified atom stereocenters. The molecule has 1 aromatic rings. The predicted octanol–water partition coefficient (Wildman–Crippen LogP) is 2.36. The van der Waals surface area contributed by atoms with Crippen molar-refractivity contribution in [1.29, 1.82) is 0 Å². The van der Waals surface area contributed by atoms with Gasteiger partial charge in [-0.15, -0.1) is 0 Å². The minimum atomic E-state index is -0.573. The number of hydrogen-bond acceptors (Lipinski definition) is 3. The Labute approximate surface area is 147 Å². The summed E-state index contributed by atoms with van der Waals surface area (Å²) in [6.07, 6.45) is 1.92. The van der Waals surface area contributed by atoms with Gasteiger partial charge >= 0.3 is 5.97 Å². The first-order valence-corrected chi connectivity index (χ1v) is 8.59. The maximum atomic E-state index is 13.2. The molecule has 7 heteroatoms. The summed E-state index contributed by atoms with van der Waals surface area (Å²) in [6.45, 7) is 4.59. The Hall–Kier alpha value is -2.18. The van der Waals surface area contributed by atoms with Crippen molar-refractivity contribution in [3.8, 4) is 0 Å². The third-order valence-corrected chi connectivity index (χ3v) is 4.25. The van der Waals surface area contributed by atoms with E-state index in [1.54, 1.807) is 0 Å². The molecule has 0 radical (unpaired) electrons. The number of nitrogens with zero attached hydrogens (tertiary/aromatic N) is 2. The van der Waals surface area contributed by atoms with Crippen LogP contribution in [-0.4, -0.2) is 50.1 Å². The van der Waals surface area contributed by atoms with Crippen molar-refractivity contribution in [2.24, 2.45) is 10.9 Å². The molecule has 138 valence electrons. The molecule has 5 nitrogen and oxygen atoms in total. The largest absolute Gasteiger partial charge is 0.469 e. The number of rotatable bonds is 5. The van der Waals surface area contributed by atoms with Crippen molar-refractivity contribution in [2.75, 3.05) is 33.3 Å². The van der Waals surface area contributed by atoms with Crippen LogP contribution < -0.4 is 5.32 Å². The van der Waals surface area contributed by atoms with Crippen LogP contribution in [0.1, 0.15) is 25.3 Å². The summed E-state index contributed by atoms with van der Waals surface area (Å²) in [4.78, 5) is 18.3. The Kier molecular flexibility index (Phi) is 7.16. The van der Waals surface area contributed by atoms with Crippen molar-refractivity contribution in [2.45, 2.75) is 26.2 Å². The van der Waals surface area contributed by atoms with Crippen LogP contribution in [0.3, 0.4) is 0 Å². The summed E-state index contributed by atoms with van der Waals surface area (Å²) in [5.41, 5.74) is 0.585. The number of carbonyl (C=O) groups is 1. The smallest absolute Gasteiger partial charge is 0.308 e. The van der Waals surface area contributed by atoms with Crippen molar-refractivity contribution >= 4 is 11.9 Å². The first kappa shape index (κ1) is 19.1. The van der Waals surface area contributed by atoms with Crippen molar-refractivity contribution in [3.05, 3.63) is 35.4 Å².